The Hall–Kier alpha value is -2.20. The van der Waals surface area contributed by atoms with E-state index in [-0.39, 0.29) is 5.91 Å². The standard InChI is InChI=1S/C16H16ClN3O/c1-19-8-9-20(15-5-3-2-4-14(15)19)16(21)12-10-11(18)6-7-13(12)17/h2-7,10H,8-9,18H2,1H3. The Morgan fingerprint density at radius 1 is 1.14 bits per heavy atom. The van der Waals surface area contributed by atoms with Gasteiger partial charge in [0.2, 0.25) is 0 Å². The molecular weight excluding hydrogens is 286 g/mol. The first-order valence-electron chi connectivity index (χ1n) is 6.75. The van der Waals surface area contributed by atoms with Gasteiger partial charge in [0, 0.05) is 25.8 Å². The highest BCUT2D eigenvalue weighted by atomic mass is 35.5. The van der Waals surface area contributed by atoms with Crippen LogP contribution in [0.25, 0.3) is 0 Å². The lowest BCUT2D eigenvalue weighted by molar-refractivity contribution is 0.0987. The Balaban J connectivity index is 2.03. The fourth-order valence-corrected chi connectivity index (χ4v) is 2.77. The van der Waals surface area contributed by atoms with Crippen molar-refractivity contribution in [2.45, 2.75) is 0 Å². The maximum absolute atomic E-state index is 12.8. The van der Waals surface area contributed by atoms with Gasteiger partial charge in [0.25, 0.3) is 5.91 Å². The van der Waals surface area contributed by atoms with E-state index in [1.54, 1.807) is 23.1 Å². The number of para-hydroxylation sites is 2. The number of nitrogens with two attached hydrogens (primary N) is 1. The summed E-state index contributed by atoms with van der Waals surface area (Å²) in [5.41, 5.74) is 8.68. The van der Waals surface area contributed by atoms with Crippen LogP contribution in [-0.2, 0) is 0 Å². The van der Waals surface area contributed by atoms with Gasteiger partial charge in [0.05, 0.1) is 22.0 Å². The number of likely N-dealkylation sites (N-methyl/N-ethyl adjacent to an activating group) is 1. The molecule has 0 saturated carbocycles. The molecule has 2 N–H and O–H groups in total. The number of nitrogens with zero attached hydrogens (tertiary/aromatic N) is 2. The zero-order valence-corrected chi connectivity index (χ0v) is 12.5. The zero-order valence-electron chi connectivity index (χ0n) is 11.7. The van der Waals surface area contributed by atoms with E-state index >= 15 is 0 Å². The van der Waals surface area contributed by atoms with Crippen molar-refractivity contribution >= 4 is 34.6 Å². The number of rotatable bonds is 1. The number of nitrogen functional groups attached to an aromatic ring is 1. The fraction of sp³-hybridized carbons (Fsp3) is 0.188. The fourth-order valence-electron chi connectivity index (χ4n) is 2.57. The smallest absolute Gasteiger partial charge is 0.259 e. The highest BCUT2D eigenvalue weighted by Gasteiger charge is 2.26. The van der Waals surface area contributed by atoms with Crippen LogP contribution in [0, 0.1) is 0 Å². The van der Waals surface area contributed by atoms with Gasteiger partial charge in [-0.3, -0.25) is 4.79 Å². The van der Waals surface area contributed by atoms with Crippen LogP contribution in [0.2, 0.25) is 5.02 Å². The van der Waals surface area contributed by atoms with Crippen molar-refractivity contribution in [2.24, 2.45) is 0 Å². The summed E-state index contributed by atoms with van der Waals surface area (Å²) in [7, 11) is 2.02. The molecule has 5 heteroatoms. The van der Waals surface area contributed by atoms with Gasteiger partial charge < -0.3 is 15.5 Å². The van der Waals surface area contributed by atoms with Gasteiger partial charge in [-0.15, -0.1) is 0 Å². The van der Waals surface area contributed by atoms with Crippen molar-refractivity contribution in [1.82, 2.24) is 0 Å². The molecular formula is C16H16ClN3O. The van der Waals surface area contributed by atoms with Crippen molar-refractivity contribution in [3.8, 4) is 0 Å². The van der Waals surface area contributed by atoms with Crippen LogP contribution in [0.15, 0.2) is 42.5 Å². The average molecular weight is 302 g/mol. The van der Waals surface area contributed by atoms with Gasteiger partial charge in [-0.25, -0.2) is 0 Å². The number of halogens is 1. The minimum absolute atomic E-state index is 0.118. The van der Waals surface area contributed by atoms with Crippen LogP contribution >= 0.6 is 11.6 Å². The van der Waals surface area contributed by atoms with Crippen molar-refractivity contribution < 1.29 is 4.79 Å². The molecule has 0 unspecified atom stereocenters. The molecule has 0 radical (unpaired) electrons. The van der Waals surface area contributed by atoms with E-state index in [1.807, 2.05) is 31.3 Å². The van der Waals surface area contributed by atoms with Gasteiger partial charge in [0.15, 0.2) is 0 Å². The second-order valence-electron chi connectivity index (χ2n) is 5.11. The minimum Gasteiger partial charge on any atom is -0.399 e. The van der Waals surface area contributed by atoms with Crippen LogP contribution in [0.3, 0.4) is 0 Å². The lowest BCUT2D eigenvalue weighted by Gasteiger charge is -2.35. The van der Waals surface area contributed by atoms with E-state index in [4.69, 9.17) is 17.3 Å². The predicted molar refractivity (Wildman–Crippen MR) is 87.3 cm³/mol. The van der Waals surface area contributed by atoms with E-state index in [0.717, 1.165) is 17.9 Å². The molecule has 0 bridgehead atoms. The van der Waals surface area contributed by atoms with E-state index in [0.29, 0.717) is 22.8 Å². The normalized spacial score (nSPS) is 14.0. The summed E-state index contributed by atoms with van der Waals surface area (Å²) < 4.78 is 0. The summed E-state index contributed by atoms with van der Waals surface area (Å²) in [6.07, 6.45) is 0. The summed E-state index contributed by atoms with van der Waals surface area (Å²) in [4.78, 5) is 16.7. The van der Waals surface area contributed by atoms with Crippen LogP contribution in [0.4, 0.5) is 17.1 Å². The van der Waals surface area contributed by atoms with Crippen LogP contribution in [-0.4, -0.2) is 26.0 Å². The molecule has 0 fully saturated rings. The third kappa shape index (κ3) is 2.43. The van der Waals surface area contributed by atoms with Crippen molar-refractivity contribution in [3.63, 3.8) is 0 Å². The molecule has 1 amide bonds. The molecule has 2 aromatic carbocycles. The monoisotopic (exact) mass is 301 g/mol. The molecule has 4 nitrogen and oxygen atoms in total. The minimum atomic E-state index is -0.118. The van der Waals surface area contributed by atoms with Gasteiger partial charge >= 0.3 is 0 Å². The second-order valence-corrected chi connectivity index (χ2v) is 5.51. The van der Waals surface area contributed by atoms with E-state index in [1.165, 1.54) is 0 Å². The first kappa shape index (κ1) is 13.8. The molecule has 3 rings (SSSR count). The summed E-state index contributed by atoms with van der Waals surface area (Å²) >= 11 is 6.15. The zero-order chi connectivity index (χ0) is 15.0. The van der Waals surface area contributed by atoms with Crippen LogP contribution in [0.5, 0.6) is 0 Å². The lowest BCUT2D eigenvalue weighted by Crippen LogP contribution is -2.42. The Morgan fingerprint density at radius 3 is 2.62 bits per heavy atom. The van der Waals surface area contributed by atoms with E-state index in [2.05, 4.69) is 4.90 Å². The van der Waals surface area contributed by atoms with Gasteiger partial charge in [0.1, 0.15) is 0 Å². The summed E-state index contributed by atoms with van der Waals surface area (Å²) in [6, 6.07) is 12.8. The molecule has 1 heterocycles. The van der Waals surface area contributed by atoms with Crippen LogP contribution in [0.1, 0.15) is 10.4 Å². The molecule has 1 aliphatic rings. The van der Waals surface area contributed by atoms with Crippen molar-refractivity contribution in [2.75, 3.05) is 35.7 Å². The third-order valence-electron chi connectivity index (χ3n) is 3.71. The number of hydrogen-bond donors (Lipinski definition) is 1. The Bertz CT molecular complexity index is 702. The topological polar surface area (TPSA) is 49.6 Å². The molecule has 0 aliphatic carbocycles. The number of hydrogen-bond acceptors (Lipinski definition) is 3. The maximum Gasteiger partial charge on any atom is 0.259 e. The summed E-state index contributed by atoms with van der Waals surface area (Å²) in [5.74, 6) is -0.118. The Morgan fingerprint density at radius 2 is 1.86 bits per heavy atom. The average Bonchev–Trinajstić information content (AvgIpc) is 2.50. The van der Waals surface area contributed by atoms with E-state index in [9.17, 15) is 4.79 Å². The van der Waals surface area contributed by atoms with E-state index < -0.39 is 0 Å². The van der Waals surface area contributed by atoms with Gasteiger partial charge in [-0.1, -0.05) is 23.7 Å². The second kappa shape index (κ2) is 5.30. The number of carbonyl (C=O) groups excluding carboxylic acids is 1. The summed E-state index contributed by atoms with van der Waals surface area (Å²) in [5, 5.41) is 0.422. The molecule has 2 aromatic rings. The number of fused-ring (bicyclic) bond motifs is 1. The number of amides is 1. The molecule has 0 spiro atoms. The number of benzene rings is 2. The third-order valence-corrected chi connectivity index (χ3v) is 4.04. The first-order chi connectivity index (χ1) is 10.1. The first-order valence-corrected chi connectivity index (χ1v) is 7.13. The van der Waals surface area contributed by atoms with Crippen molar-refractivity contribution in [3.05, 3.63) is 53.1 Å². The quantitative estimate of drug-likeness (QED) is 0.824. The molecule has 108 valence electrons. The molecule has 0 atom stereocenters. The highest BCUT2D eigenvalue weighted by molar-refractivity contribution is 6.34. The molecule has 21 heavy (non-hydrogen) atoms. The van der Waals surface area contributed by atoms with Gasteiger partial charge in [-0.2, -0.15) is 0 Å². The molecule has 0 saturated heterocycles. The summed E-state index contributed by atoms with van der Waals surface area (Å²) in [6.45, 7) is 1.40. The maximum atomic E-state index is 12.8. The largest absolute Gasteiger partial charge is 0.399 e. The van der Waals surface area contributed by atoms with Crippen LogP contribution < -0.4 is 15.5 Å². The number of carbonyl (C=O) groups is 1. The Kier molecular flexibility index (Phi) is 3.47. The highest BCUT2D eigenvalue weighted by Crippen LogP contribution is 2.33. The van der Waals surface area contributed by atoms with Gasteiger partial charge in [-0.05, 0) is 30.3 Å². The Labute approximate surface area is 128 Å². The molecule has 1 aliphatic heterocycles. The SMILES string of the molecule is CN1CCN(C(=O)c2cc(N)ccc2Cl)c2ccccc21. The molecule has 0 aromatic heterocycles. The lowest BCUT2D eigenvalue weighted by atomic mass is 10.1. The van der Waals surface area contributed by atoms with Crippen molar-refractivity contribution in [1.29, 1.82) is 0 Å². The number of anilines is 3. The predicted octanol–water partition coefficient (Wildman–Crippen LogP) is 3.02.